The predicted molar refractivity (Wildman–Crippen MR) is 56.5 cm³/mol. The number of oxime groups is 1. The maximum Gasteiger partial charge on any atom is 0.303 e. The quantitative estimate of drug-likeness (QED) is 0.153. The van der Waals surface area contributed by atoms with E-state index in [4.69, 9.17) is 21.5 Å². The molecule has 0 aliphatic rings. The van der Waals surface area contributed by atoms with Crippen LogP contribution < -0.4 is 17.0 Å². The first-order chi connectivity index (χ1) is 7.29. The van der Waals surface area contributed by atoms with E-state index in [9.17, 15) is 0 Å². The minimum atomic E-state index is 0. The number of aromatic nitrogens is 2. The molecule has 92 valence electrons. The molecule has 7 heteroatoms. The normalized spacial score (nSPS) is 10.6. The molecule has 0 unspecified atom stereocenters. The molecule has 5 nitrogen and oxygen atoms in total. The van der Waals surface area contributed by atoms with Crippen molar-refractivity contribution in [3.05, 3.63) is 18.2 Å². The molecule has 0 saturated carbocycles. The van der Waals surface area contributed by atoms with Crippen LogP contribution in [0, 0.1) is 0 Å². The number of alkyl halides is 1. The average Bonchev–Trinajstić information content (AvgIpc) is 2.57. The Morgan fingerprint density at radius 2 is 2.38 bits per heavy atom. The number of aryl methyl sites for hydroxylation is 1. The summed E-state index contributed by atoms with van der Waals surface area (Å²) >= 11 is 5.48. The van der Waals surface area contributed by atoms with Crippen LogP contribution in [0.1, 0.15) is 5.82 Å². The topological polar surface area (TPSA) is 50.6 Å². The molecule has 1 heterocycles. The maximum atomic E-state index is 8.49. The zero-order chi connectivity index (χ0) is 11.1. The maximum absolute atomic E-state index is 8.49. The highest BCUT2D eigenvalue weighted by atomic mass is 35.5. The van der Waals surface area contributed by atoms with E-state index in [0.29, 0.717) is 25.6 Å². The highest BCUT2D eigenvalue weighted by Gasteiger charge is 2.11. The third kappa shape index (κ3) is 4.38. The Kier molecular flexibility index (Phi) is 7.97. The molecular formula is C9H15Cl2N3O2. The molecule has 0 bridgehead atoms. The van der Waals surface area contributed by atoms with Crippen molar-refractivity contribution in [3.63, 3.8) is 0 Å². The summed E-state index contributed by atoms with van der Waals surface area (Å²) in [7, 11) is 1.88. The van der Waals surface area contributed by atoms with Crippen molar-refractivity contribution < 1.29 is 26.9 Å². The third-order valence-corrected chi connectivity index (χ3v) is 2.15. The second-order valence-corrected chi connectivity index (χ2v) is 3.38. The van der Waals surface area contributed by atoms with Gasteiger partial charge in [-0.2, -0.15) is 0 Å². The molecule has 0 fully saturated rings. The van der Waals surface area contributed by atoms with Gasteiger partial charge in [-0.15, -0.1) is 11.6 Å². The lowest BCUT2D eigenvalue weighted by molar-refractivity contribution is -0.671. The standard InChI is InChI=1S/C9H14ClN3O2.ClH/c1-12-3-4-13(9(12)8-11-14)5-7-15-6-2-10;/h3-4,8H,2,5-7H2,1H3;1H. The molecule has 16 heavy (non-hydrogen) atoms. The van der Waals surface area contributed by atoms with Gasteiger partial charge in [-0.25, -0.2) is 9.13 Å². The highest BCUT2D eigenvalue weighted by Crippen LogP contribution is 1.93. The van der Waals surface area contributed by atoms with Crippen molar-refractivity contribution in [3.8, 4) is 0 Å². The van der Waals surface area contributed by atoms with Gasteiger partial charge in [0.15, 0.2) is 6.21 Å². The SMILES string of the molecule is C[n+]1ccn(CCOCCCl)c1/C=N/O.[Cl-]. The van der Waals surface area contributed by atoms with E-state index in [-0.39, 0.29) is 12.4 Å². The molecule has 1 aromatic rings. The van der Waals surface area contributed by atoms with E-state index in [2.05, 4.69) is 5.16 Å². The van der Waals surface area contributed by atoms with E-state index < -0.39 is 0 Å². The van der Waals surface area contributed by atoms with Gasteiger partial charge in [-0.1, -0.05) is 5.16 Å². The molecule has 0 aromatic carbocycles. The van der Waals surface area contributed by atoms with Gasteiger partial charge in [-0.05, 0) is 0 Å². The molecule has 1 N–H and O–H groups in total. The van der Waals surface area contributed by atoms with Gasteiger partial charge in [0.25, 0.3) is 0 Å². The minimum Gasteiger partial charge on any atom is -1.00 e. The van der Waals surface area contributed by atoms with Gasteiger partial charge in [0.05, 0.1) is 20.3 Å². The van der Waals surface area contributed by atoms with Gasteiger partial charge < -0.3 is 22.4 Å². The Morgan fingerprint density at radius 3 is 3.00 bits per heavy atom. The first-order valence-electron chi connectivity index (χ1n) is 4.65. The molecule has 0 atom stereocenters. The van der Waals surface area contributed by atoms with E-state index >= 15 is 0 Å². The van der Waals surface area contributed by atoms with Crippen LogP contribution in [0.2, 0.25) is 0 Å². The van der Waals surface area contributed by atoms with E-state index in [1.807, 2.05) is 28.6 Å². The van der Waals surface area contributed by atoms with Crippen LogP contribution in [-0.2, 0) is 18.3 Å². The van der Waals surface area contributed by atoms with Crippen LogP contribution in [0.3, 0.4) is 0 Å². The fraction of sp³-hybridized carbons (Fsp3) is 0.556. The lowest BCUT2D eigenvalue weighted by atomic mass is 10.5. The van der Waals surface area contributed by atoms with Crippen LogP contribution in [-0.4, -0.2) is 35.1 Å². The van der Waals surface area contributed by atoms with Gasteiger partial charge in [0.2, 0.25) is 0 Å². The molecule has 1 rings (SSSR count). The zero-order valence-electron chi connectivity index (χ0n) is 9.01. The van der Waals surface area contributed by atoms with Gasteiger partial charge in [0.1, 0.15) is 18.9 Å². The molecular weight excluding hydrogens is 253 g/mol. The van der Waals surface area contributed by atoms with E-state index in [0.717, 1.165) is 5.82 Å². The van der Waals surface area contributed by atoms with Crippen LogP contribution in [0.4, 0.5) is 0 Å². The largest absolute Gasteiger partial charge is 1.00 e. The van der Waals surface area contributed by atoms with Crippen molar-refractivity contribution >= 4 is 17.8 Å². The van der Waals surface area contributed by atoms with Gasteiger partial charge >= 0.3 is 5.82 Å². The number of halogens is 2. The number of hydrogen-bond donors (Lipinski definition) is 1. The van der Waals surface area contributed by atoms with E-state index in [1.54, 1.807) is 0 Å². The molecule has 0 saturated heterocycles. The van der Waals surface area contributed by atoms with Crippen molar-refractivity contribution in [2.45, 2.75) is 6.54 Å². The molecule has 0 aliphatic heterocycles. The summed E-state index contributed by atoms with van der Waals surface area (Å²) in [6.45, 7) is 1.85. The van der Waals surface area contributed by atoms with Crippen LogP contribution >= 0.6 is 11.6 Å². The summed E-state index contributed by atoms with van der Waals surface area (Å²) in [6.07, 6.45) is 5.18. The molecule has 0 amide bonds. The Balaban J connectivity index is 0.00000225. The number of rotatable bonds is 6. The number of ether oxygens (including phenoxy) is 1. The lowest BCUT2D eigenvalue weighted by Gasteiger charge is -2.00. The number of nitrogens with zero attached hydrogens (tertiary/aromatic N) is 3. The van der Waals surface area contributed by atoms with Gasteiger partial charge in [0, 0.05) is 5.88 Å². The summed E-state index contributed by atoms with van der Waals surface area (Å²) in [5.41, 5.74) is 0. The first-order valence-corrected chi connectivity index (χ1v) is 5.19. The second kappa shape index (κ2) is 8.38. The van der Waals surface area contributed by atoms with Crippen molar-refractivity contribution in [1.82, 2.24) is 4.57 Å². The fourth-order valence-corrected chi connectivity index (χ4v) is 1.37. The Hall–Kier alpha value is -0.780. The average molecular weight is 268 g/mol. The lowest BCUT2D eigenvalue weighted by Crippen LogP contribution is -3.00. The monoisotopic (exact) mass is 267 g/mol. The third-order valence-electron chi connectivity index (χ3n) is 2.00. The van der Waals surface area contributed by atoms with Crippen LogP contribution in [0.5, 0.6) is 0 Å². The molecule has 1 aromatic heterocycles. The summed E-state index contributed by atoms with van der Waals surface area (Å²) in [5, 5.41) is 11.5. The number of imidazole rings is 1. The summed E-state index contributed by atoms with van der Waals surface area (Å²) in [5.74, 6) is 1.32. The van der Waals surface area contributed by atoms with Crippen molar-refractivity contribution in [2.75, 3.05) is 19.1 Å². The Morgan fingerprint density at radius 1 is 1.62 bits per heavy atom. The Labute approximate surface area is 106 Å². The smallest absolute Gasteiger partial charge is 0.303 e. The molecule has 0 spiro atoms. The van der Waals surface area contributed by atoms with Crippen LogP contribution in [0.15, 0.2) is 17.5 Å². The second-order valence-electron chi connectivity index (χ2n) is 3.01. The Bertz CT molecular complexity index is 329. The predicted octanol–water partition coefficient (Wildman–Crippen LogP) is -2.62. The highest BCUT2D eigenvalue weighted by molar-refractivity contribution is 6.17. The summed E-state index contributed by atoms with van der Waals surface area (Å²) in [4.78, 5) is 0. The van der Waals surface area contributed by atoms with Crippen LogP contribution in [0.25, 0.3) is 0 Å². The fourth-order valence-electron chi connectivity index (χ4n) is 1.26. The first kappa shape index (κ1) is 15.2. The van der Waals surface area contributed by atoms with Gasteiger partial charge in [-0.3, -0.25) is 0 Å². The zero-order valence-corrected chi connectivity index (χ0v) is 10.5. The van der Waals surface area contributed by atoms with E-state index in [1.165, 1.54) is 6.21 Å². The summed E-state index contributed by atoms with van der Waals surface area (Å²) < 4.78 is 9.06. The molecule has 0 radical (unpaired) electrons. The van der Waals surface area contributed by atoms with Crippen molar-refractivity contribution in [1.29, 1.82) is 0 Å². The number of hydrogen-bond acceptors (Lipinski definition) is 3. The summed E-state index contributed by atoms with van der Waals surface area (Å²) in [6, 6.07) is 0. The molecule has 0 aliphatic carbocycles. The minimum absolute atomic E-state index is 0. The van der Waals surface area contributed by atoms with Crippen molar-refractivity contribution in [2.24, 2.45) is 12.2 Å².